The number of aromatic nitrogens is 2. The van der Waals surface area contributed by atoms with Crippen molar-refractivity contribution < 1.29 is 18.7 Å². The van der Waals surface area contributed by atoms with Crippen molar-refractivity contribution in [1.29, 1.82) is 0 Å². The van der Waals surface area contributed by atoms with Gasteiger partial charge in [0.2, 0.25) is 0 Å². The maximum Gasteiger partial charge on any atom is 0.323 e. The Kier molecular flexibility index (Phi) is 7.57. The summed E-state index contributed by atoms with van der Waals surface area (Å²) in [6.45, 7) is 2.63. The van der Waals surface area contributed by atoms with Crippen molar-refractivity contribution in [3.05, 3.63) is 90.0 Å². The number of amides is 3. The number of hydrogen-bond acceptors (Lipinski definition) is 5. The van der Waals surface area contributed by atoms with Gasteiger partial charge in [-0.05, 0) is 61.0 Å². The second-order valence-electron chi connectivity index (χ2n) is 7.76. The Morgan fingerprint density at radius 1 is 1.03 bits per heavy atom. The summed E-state index contributed by atoms with van der Waals surface area (Å²) in [5.41, 5.74) is 8.62. The third-order valence-corrected chi connectivity index (χ3v) is 5.15. The minimum atomic E-state index is -0.589. The number of aromatic amines is 1. The summed E-state index contributed by atoms with van der Waals surface area (Å²) in [7, 11) is 0. The second-order valence-corrected chi connectivity index (χ2v) is 7.76. The van der Waals surface area contributed by atoms with Crippen LogP contribution in [0.5, 0.6) is 11.5 Å². The lowest BCUT2D eigenvalue weighted by Gasteiger charge is -2.11. The zero-order valence-electron chi connectivity index (χ0n) is 19.5. The minimum absolute atomic E-state index is 0.0454. The first-order valence-electron chi connectivity index (χ1n) is 11.2. The van der Waals surface area contributed by atoms with Crippen LogP contribution in [0.25, 0.3) is 11.4 Å². The van der Waals surface area contributed by atoms with Crippen molar-refractivity contribution in [2.45, 2.75) is 13.5 Å². The molecule has 184 valence electrons. The topological polar surface area (TPSA) is 134 Å². The number of nitrogens with zero attached hydrogens (tertiary/aromatic N) is 1. The quantitative estimate of drug-likeness (QED) is 0.241. The third-order valence-electron chi connectivity index (χ3n) is 5.15. The number of nitrogens with one attached hydrogen (secondary N) is 4. The highest BCUT2D eigenvalue weighted by molar-refractivity contribution is 6.00. The SMILES string of the molecule is CCNC(=O)c1c[nH]c(-c2cc(Oc3ccc(NC(=O)Nc4cc(CN)ccc4F)cc3)ccn2)c1. The van der Waals surface area contributed by atoms with Crippen LogP contribution in [0.1, 0.15) is 22.8 Å². The fraction of sp³-hybridized carbons (Fsp3) is 0.115. The maximum absolute atomic E-state index is 13.9. The number of rotatable bonds is 8. The van der Waals surface area contributed by atoms with Crippen molar-refractivity contribution in [3.63, 3.8) is 0 Å². The molecule has 0 fully saturated rings. The number of urea groups is 1. The summed E-state index contributed by atoms with van der Waals surface area (Å²) >= 11 is 0. The van der Waals surface area contributed by atoms with Gasteiger partial charge in [-0.15, -0.1) is 0 Å². The highest BCUT2D eigenvalue weighted by Gasteiger charge is 2.11. The summed E-state index contributed by atoms with van der Waals surface area (Å²) in [5, 5.41) is 7.88. The minimum Gasteiger partial charge on any atom is -0.457 e. The molecular formula is C26H25FN6O3. The van der Waals surface area contributed by atoms with Crippen LogP contribution >= 0.6 is 0 Å². The van der Waals surface area contributed by atoms with E-state index < -0.39 is 11.8 Å². The van der Waals surface area contributed by atoms with Crippen LogP contribution in [0.3, 0.4) is 0 Å². The third kappa shape index (κ3) is 6.05. The van der Waals surface area contributed by atoms with Crippen LogP contribution in [0, 0.1) is 5.82 Å². The van der Waals surface area contributed by atoms with Crippen LogP contribution in [0.2, 0.25) is 0 Å². The van der Waals surface area contributed by atoms with E-state index in [4.69, 9.17) is 10.5 Å². The van der Waals surface area contributed by atoms with Gasteiger partial charge in [0, 0.05) is 37.2 Å². The molecule has 36 heavy (non-hydrogen) atoms. The number of carbonyl (C=O) groups is 2. The van der Waals surface area contributed by atoms with Gasteiger partial charge in [-0.3, -0.25) is 9.78 Å². The number of H-pyrrole nitrogens is 1. The van der Waals surface area contributed by atoms with E-state index in [0.29, 0.717) is 46.2 Å². The zero-order chi connectivity index (χ0) is 25.5. The molecule has 4 aromatic rings. The molecule has 0 radical (unpaired) electrons. The van der Waals surface area contributed by atoms with Crippen molar-refractivity contribution in [3.8, 4) is 22.9 Å². The average molecular weight is 489 g/mol. The van der Waals surface area contributed by atoms with Crippen molar-refractivity contribution in [2.24, 2.45) is 5.73 Å². The fourth-order valence-electron chi connectivity index (χ4n) is 3.38. The molecule has 10 heteroatoms. The van der Waals surface area contributed by atoms with E-state index in [2.05, 4.69) is 25.9 Å². The summed E-state index contributed by atoms with van der Waals surface area (Å²) in [6.07, 6.45) is 3.23. The van der Waals surface area contributed by atoms with Crippen LogP contribution in [0.15, 0.2) is 73.1 Å². The molecule has 0 bridgehead atoms. The van der Waals surface area contributed by atoms with E-state index in [1.165, 1.54) is 12.1 Å². The predicted octanol–water partition coefficient (Wildman–Crippen LogP) is 4.86. The normalized spacial score (nSPS) is 10.5. The van der Waals surface area contributed by atoms with E-state index in [1.54, 1.807) is 60.9 Å². The molecule has 0 spiro atoms. The summed E-state index contributed by atoms with van der Waals surface area (Å²) < 4.78 is 19.9. The standard InChI is InChI=1S/C26H25FN6O3/c1-2-29-25(34)17-12-23(31-15-17)24-13-20(9-10-30-24)36-19-6-4-18(5-7-19)32-26(35)33-22-11-16(14-28)3-8-21(22)27/h3-13,15,31H,2,14,28H2,1H3,(H,29,34)(H2,32,33,35). The molecule has 4 rings (SSSR count). The lowest BCUT2D eigenvalue weighted by atomic mass is 10.2. The molecule has 0 saturated heterocycles. The number of halogens is 1. The Labute approximate surface area is 206 Å². The largest absolute Gasteiger partial charge is 0.457 e. The molecule has 3 amide bonds. The molecule has 2 aromatic heterocycles. The summed E-state index contributed by atoms with van der Waals surface area (Å²) in [4.78, 5) is 31.7. The molecule has 0 atom stereocenters. The first-order chi connectivity index (χ1) is 17.4. The van der Waals surface area contributed by atoms with Crippen LogP contribution < -0.4 is 26.4 Å². The van der Waals surface area contributed by atoms with Gasteiger partial charge in [0.05, 0.1) is 22.6 Å². The maximum atomic E-state index is 13.9. The smallest absolute Gasteiger partial charge is 0.323 e. The number of hydrogen-bond donors (Lipinski definition) is 5. The molecular weight excluding hydrogens is 463 g/mol. The predicted molar refractivity (Wildman–Crippen MR) is 135 cm³/mol. The average Bonchev–Trinajstić information content (AvgIpc) is 3.38. The number of carbonyl (C=O) groups excluding carboxylic acids is 2. The second kappa shape index (κ2) is 11.2. The number of anilines is 2. The van der Waals surface area contributed by atoms with E-state index in [-0.39, 0.29) is 18.1 Å². The molecule has 0 saturated carbocycles. The number of benzene rings is 2. The van der Waals surface area contributed by atoms with Gasteiger partial charge in [-0.2, -0.15) is 0 Å². The monoisotopic (exact) mass is 488 g/mol. The Bertz CT molecular complexity index is 1370. The van der Waals surface area contributed by atoms with Crippen LogP contribution in [-0.2, 0) is 6.54 Å². The van der Waals surface area contributed by atoms with Gasteiger partial charge in [0.25, 0.3) is 5.91 Å². The van der Waals surface area contributed by atoms with Crippen molar-refractivity contribution in [1.82, 2.24) is 15.3 Å². The Morgan fingerprint density at radius 3 is 2.58 bits per heavy atom. The van der Waals surface area contributed by atoms with Gasteiger partial charge in [0.1, 0.15) is 17.3 Å². The van der Waals surface area contributed by atoms with E-state index in [9.17, 15) is 14.0 Å². The Balaban J connectivity index is 1.38. The first kappa shape index (κ1) is 24.4. The number of nitrogens with two attached hydrogens (primary N) is 1. The molecule has 0 aliphatic carbocycles. The highest BCUT2D eigenvalue weighted by Crippen LogP contribution is 2.27. The lowest BCUT2D eigenvalue weighted by molar-refractivity contribution is 0.0956. The molecule has 0 unspecified atom stereocenters. The summed E-state index contributed by atoms with van der Waals surface area (Å²) in [5.74, 6) is 0.365. The van der Waals surface area contributed by atoms with Gasteiger partial charge < -0.3 is 31.4 Å². The lowest BCUT2D eigenvalue weighted by Crippen LogP contribution is -2.21. The molecule has 2 aromatic carbocycles. The van der Waals surface area contributed by atoms with Gasteiger partial charge in [-0.1, -0.05) is 6.07 Å². The van der Waals surface area contributed by atoms with Crippen molar-refractivity contribution in [2.75, 3.05) is 17.2 Å². The molecule has 2 heterocycles. The van der Waals surface area contributed by atoms with E-state index in [0.717, 1.165) is 0 Å². The first-order valence-corrected chi connectivity index (χ1v) is 11.2. The highest BCUT2D eigenvalue weighted by atomic mass is 19.1. The van der Waals surface area contributed by atoms with Gasteiger partial charge in [0.15, 0.2) is 0 Å². The van der Waals surface area contributed by atoms with Gasteiger partial charge in [-0.25, -0.2) is 9.18 Å². The fourth-order valence-corrected chi connectivity index (χ4v) is 3.38. The molecule has 0 aliphatic heterocycles. The van der Waals surface area contributed by atoms with E-state index >= 15 is 0 Å². The molecule has 6 N–H and O–H groups in total. The molecule has 9 nitrogen and oxygen atoms in total. The van der Waals surface area contributed by atoms with Crippen LogP contribution in [0.4, 0.5) is 20.6 Å². The Morgan fingerprint density at radius 2 is 1.83 bits per heavy atom. The Hall–Kier alpha value is -4.70. The van der Waals surface area contributed by atoms with Crippen LogP contribution in [-0.4, -0.2) is 28.5 Å². The molecule has 0 aliphatic rings. The van der Waals surface area contributed by atoms with Gasteiger partial charge >= 0.3 is 6.03 Å². The number of pyridine rings is 1. The summed E-state index contributed by atoms with van der Waals surface area (Å²) in [6, 6.07) is 15.6. The zero-order valence-corrected chi connectivity index (χ0v) is 19.5. The van der Waals surface area contributed by atoms with E-state index in [1.807, 2.05) is 6.92 Å². The number of ether oxygens (including phenoxy) is 1. The van der Waals surface area contributed by atoms with Crippen molar-refractivity contribution >= 4 is 23.3 Å².